The first-order chi connectivity index (χ1) is 9.13. The minimum absolute atomic E-state index is 0.0450. The molecule has 2 aromatic carbocycles. The van der Waals surface area contributed by atoms with Crippen molar-refractivity contribution >= 4 is 28.8 Å². The van der Waals surface area contributed by atoms with Crippen molar-refractivity contribution in [2.75, 3.05) is 0 Å². The van der Waals surface area contributed by atoms with Gasteiger partial charge in [0.25, 0.3) is 0 Å². The molecule has 0 atom stereocenters. The monoisotopic (exact) mass is 267 g/mol. The van der Waals surface area contributed by atoms with Gasteiger partial charge in [0.15, 0.2) is 5.78 Å². The molecule has 0 amide bonds. The molecule has 2 nitrogen and oxygen atoms in total. The number of hydrogen-bond acceptors (Lipinski definition) is 3. The molecule has 19 heavy (non-hydrogen) atoms. The summed E-state index contributed by atoms with van der Waals surface area (Å²) in [5.74, 6) is -0.0450. The van der Waals surface area contributed by atoms with Gasteiger partial charge in [-0.2, -0.15) is 4.99 Å². The van der Waals surface area contributed by atoms with E-state index in [1.54, 1.807) is 6.07 Å². The van der Waals surface area contributed by atoms with Crippen LogP contribution >= 0.6 is 12.2 Å². The number of ketones is 1. The summed E-state index contributed by atoms with van der Waals surface area (Å²) in [5, 5.41) is 2.34. The van der Waals surface area contributed by atoms with Crippen LogP contribution in [-0.2, 0) is 0 Å². The molecule has 0 aliphatic rings. The van der Waals surface area contributed by atoms with E-state index in [4.69, 9.17) is 0 Å². The molecule has 0 heterocycles. The molecule has 0 aromatic heterocycles. The van der Waals surface area contributed by atoms with Crippen LogP contribution in [0.1, 0.15) is 27.0 Å². The summed E-state index contributed by atoms with van der Waals surface area (Å²) in [6.45, 7) is 3.86. The molecule has 0 bridgehead atoms. The van der Waals surface area contributed by atoms with Gasteiger partial charge in [-0.1, -0.05) is 35.9 Å². The molecule has 0 unspecified atom stereocenters. The van der Waals surface area contributed by atoms with Gasteiger partial charge in [-0.05, 0) is 43.8 Å². The van der Waals surface area contributed by atoms with Crippen LogP contribution < -0.4 is 0 Å². The third kappa shape index (κ3) is 2.84. The van der Waals surface area contributed by atoms with E-state index in [-0.39, 0.29) is 5.78 Å². The quantitative estimate of drug-likeness (QED) is 0.472. The molecular formula is C16H13NOS. The number of thiocarbonyl (C=S) groups is 1. The number of isothiocyanates is 1. The summed E-state index contributed by atoms with van der Waals surface area (Å²) in [6.07, 6.45) is 0. The van der Waals surface area contributed by atoms with Gasteiger partial charge < -0.3 is 0 Å². The molecule has 0 N–H and O–H groups in total. The van der Waals surface area contributed by atoms with E-state index in [0.29, 0.717) is 16.8 Å². The van der Waals surface area contributed by atoms with E-state index in [9.17, 15) is 4.79 Å². The summed E-state index contributed by atoms with van der Waals surface area (Å²) in [7, 11) is 0. The summed E-state index contributed by atoms with van der Waals surface area (Å²) in [6, 6.07) is 13.0. The highest BCUT2D eigenvalue weighted by Gasteiger charge is 2.14. The molecule has 0 spiro atoms. The first-order valence-corrected chi connectivity index (χ1v) is 6.33. The number of aryl methyl sites for hydroxylation is 2. The minimum atomic E-state index is -0.0450. The number of nitrogens with zero attached hydrogens (tertiary/aromatic N) is 1. The third-order valence-electron chi connectivity index (χ3n) is 2.92. The number of rotatable bonds is 3. The lowest BCUT2D eigenvalue weighted by Gasteiger charge is -2.07. The Kier molecular flexibility index (Phi) is 4.00. The number of benzene rings is 2. The van der Waals surface area contributed by atoms with Crippen molar-refractivity contribution in [3.05, 3.63) is 64.7 Å². The number of para-hydroxylation sites is 1. The fourth-order valence-corrected chi connectivity index (χ4v) is 2.07. The van der Waals surface area contributed by atoms with Gasteiger partial charge >= 0.3 is 0 Å². The van der Waals surface area contributed by atoms with Crippen LogP contribution in [0.4, 0.5) is 5.69 Å². The number of hydrogen-bond donors (Lipinski definition) is 0. The van der Waals surface area contributed by atoms with Gasteiger partial charge in [0.05, 0.1) is 10.8 Å². The van der Waals surface area contributed by atoms with Gasteiger partial charge in [0, 0.05) is 11.1 Å². The summed E-state index contributed by atoms with van der Waals surface area (Å²) in [4.78, 5) is 16.5. The number of aliphatic imine (C=N–C) groups is 1. The van der Waals surface area contributed by atoms with E-state index in [2.05, 4.69) is 22.4 Å². The van der Waals surface area contributed by atoms with Gasteiger partial charge in [0.1, 0.15) is 0 Å². The molecule has 3 heteroatoms. The Balaban J connectivity index is 2.56. The standard InChI is InChI=1S/C16H13NOS/c1-11-5-3-7-13(9-11)16(18)14-8-4-6-12(2)15(14)17-10-19/h3-9H,1-2H3. The zero-order chi connectivity index (χ0) is 13.8. The van der Waals surface area contributed by atoms with Crippen molar-refractivity contribution in [3.63, 3.8) is 0 Å². The maximum Gasteiger partial charge on any atom is 0.195 e. The van der Waals surface area contributed by atoms with E-state index < -0.39 is 0 Å². The van der Waals surface area contributed by atoms with Crippen molar-refractivity contribution in [3.8, 4) is 0 Å². The van der Waals surface area contributed by atoms with Crippen LogP contribution in [0.3, 0.4) is 0 Å². The van der Waals surface area contributed by atoms with Gasteiger partial charge in [-0.15, -0.1) is 0 Å². The lowest BCUT2D eigenvalue weighted by atomic mass is 9.98. The Bertz CT molecular complexity index is 685. The maximum absolute atomic E-state index is 12.5. The SMILES string of the molecule is Cc1cccc(C(=O)c2cccc(C)c2N=C=S)c1. The second-order valence-electron chi connectivity index (χ2n) is 4.37. The van der Waals surface area contributed by atoms with Crippen LogP contribution in [0, 0.1) is 13.8 Å². The van der Waals surface area contributed by atoms with Crippen LogP contribution in [0.2, 0.25) is 0 Å². The minimum Gasteiger partial charge on any atom is -0.289 e. The van der Waals surface area contributed by atoms with Gasteiger partial charge in [0.2, 0.25) is 0 Å². The first kappa shape index (κ1) is 13.3. The highest BCUT2D eigenvalue weighted by atomic mass is 32.1. The second kappa shape index (κ2) is 5.70. The number of carbonyl (C=O) groups excluding carboxylic acids is 1. The Labute approximate surface area is 117 Å². The normalized spacial score (nSPS) is 9.79. The first-order valence-electron chi connectivity index (χ1n) is 5.92. The zero-order valence-corrected chi connectivity index (χ0v) is 11.6. The molecule has 2 rings (SSSR count). The summed E-state index contributed by atoms with van der Waals surface area (Å²) >= 11 is 4.65. The fourth-order valence-electron chi connectivity index (χ4n) is 1.98. The van der Waals surface area contributed by atoms with Crippen molar-refractivity contribution in [2.24, 2.45) is 4.99 Å². The predicted octanol–water partition coefficient (Wildman–Crippen LogP) is 4.27. The van der Waals surface area contributed by atoms with Crippen molar-refractivity contribution in [2.45, 2.75) is 13.8 Å². The Hall–Kier alpha value is -2.09. The molecule has 2 aromatic rings. The molecular weight excluding hydrogens is 254 g/mol. The molecule has 94 valence electrons. The average molecular weight is 267 g/mol. The van der Waals surface area contributed by atoms with Crippen molar-refractivity contribution in [1.29, 1.82) is 0 Å². The average Bonchev–Trinajstić information content (AvgIpc) is 2.40. The van der Waals surface area contributed by atoms with Crippen molar-refractivity contribution < 1.29 is 4.79 Å². The van der Waals surface area contributed by atoms with E-state index in [1.807, 2.05) is 50.2 Å². The topological polar surface area (TPSA) is 29.4 Å². The van der Waals surface area contributed by atoms with E-state index in [0.717, 1.165) is 11.1 Å². The van der Waals surface area contributed by atoms with Crippen LogP contribution in [0.25, 0.3) is 0 Å². The smallest absolute Gasteiger partial charge is 0.195 e. The number of carbonyl (C=O) groups is 1. The van der Waals surface area contributed by atoms with E-state index >= 15 is 0 Å². The van der Waals surface area contributed by atoms with Crippen LogP contribution in [0.15, 0.2) is 47.5 Å². The lowest BCUT2D eigenvalue weighted by molar-refractivity contribution is 0.103. The lowest BCUT2D eigenvalue weighted by Crippen LogP contribution is -2.02. The molecule has 0 aliphatic heterocycles. The summed E-state index contributed by atoms with van der Waals surface area (Å²) in [5.41, 5.74) is 3.78. The Morgan fingerprint density at radius 2 is 1.89 bits per heavy atom. The largest absolute Gasteiger partial charge is 0.289 e. The fraction of sp³-hybridized carbons (Fsp3) is 0.125. The van der Waals surface area contributed by atoms with Gasteiger partial charge in [-0.25, -0.2) is 0 Å². The zero-order valence-electron chi connectivity index (χ0n) is 10.8. The second-order valence-corrected chi connectivity index (χ2v) is 4.56. The van der Waals surface area contributed by atoms with Crippen molar-refractivity contribution in [1.82, 2.24) is 0 Å². The molecule has 0 radical (unpaired) electrons. The third-order valence-corrected chi connectivity index (χ3v) is 3.01. The van der Waals surface area contributed by atoms with Gasteiger partial charge in [-0.3, -0.25) is 4.79 Å². The molecule has 0 saturated carbocycles. The Morgan fingerprint density at radius 3 is 2.58 bits per heavy atom. The van der Waals surface area contributed by atoms with Crippen LogP contribution in [0.5, 0.6) is 0 Å². The molecule has 0 fully saturated rings. The van der Waals surface area contributed by atoms with Crippen LogP contribution in [-0.4, -0.2) is 10.9 Å². The van der Waals surface area contributed by atoms with E-state index in [1.165, 1.54) is 0 Å². The Morgan fingerprint density at radius 1 is 1.16 bits per heavy atom. The predicted molar refractivity (Wildman–Crippen MR) is 80.5 cm³/mol. The molecule has 0 aliphatic carbocycles. The maximum atomic E-state index is 12.5. The summed E-state index contributed by atoms with van der Waals surface area (Å²) < 4.78 is 0. The highest BCUT2D eigenvalue weighted by Crippen LogP contribution is 2.26. The molecule has 0 saturated heterocycles. The highest BCUT2D eigenvalue weighted by molar-refractivity contribution is 7.78.